The molecule has 0 fully saturated rings. The largest absolute Gasteiger partial charge is 0.389 e. The van der Waals surface area contributed by atoms with Gasteiger partial charge in [0.05, 0.1) is 24.8 Å². The van der Waals surface area contributed by atoms with Gasteiger partial charge in [0, 0.05) is 19.2 Å². The number of aromatic nitrogens is 1. The van der Waals surface area contributed by atoms with E-state index < -0.39 is 6.10 Å². The number of hydrogen-bond donors (Lipinski definition) is 2. The topological polar surface area (TPSA) is 84.6 Å². The highest BCUT2D eigenvalue weighted by Gasteiger charge is 2.14. The number of amides is 1. The van der Waals surface area contributed by atoms with Crippen molar-refractivity contribution < 1.29 is 19.2 Å². The van der Waals surface area contributed by atoms with Crippen molar-refractivity contribution >= 4 is 5.91 Å². The van der Waals surface area contributed by atoms with E-state index in [4.69, 9.17) is 9.26 Å². The van der Waals surface area contributed by atoms with Crippen LogP contribution in [0.2, 0.25) is 0 Å². The molecule has 0 aromatic carbocycles. The maximum atomic E-state index is 11.6. The summed E-state index contributed by atoms with van der Waals surface area (Å²) in [5.41, 5.74) is 1.51. The van der Waals surface area contributed by atoms with Crippen LogP contribution in [0.25, 0.3) is 0 Å². The number of carbonyl (C=O) groups excluding carboxylic acids is 1. The number of nitrogens with one attached hydrogen (secondary N) is 1. The maximum absolute atomic E-state index is 11.6. The molecular weight excluding hydrogens is 224 g/mol. The van der Waals surface area contributed by atoms with Gasteiger partial charge < -0.3 is 19.7 Å². The monoisotopic (exact) mass is 242 g/mol. The summed E-state index contributed by atoms with van der Waals surface area (Å²) in [6.45, 7) is 3.93. The first kappa shape index (κ1) is 13.7. The van der Waals surface area contributed by atoms with E-state index in [1.54, 1.807) is 13.8 Å². The molecule has 2 N–H and O–H groups in total. The molecule has 1 amide bonds. The van der Waals surface area contributed by atoms with Crippen LogP contribution in [0.1, 0.15) is 17.0 Å². The van der Waals surface area contributed by atoms with Crippen molar-refractivity contribution in [3.63, 3.8) is 0 Å². The normalized spacial score (nSPS) is 12.5. The Hall–Kier alpha value is -1.40. The lowest BCUT2D eigenvalue weighted by Gasteiger charge is -2.10. The lowest BCUT2D eigenvalue weighted by molar-refractivity contribution is -0.121. The van der Waals surface area contributed by atoms with Crippen molar-refractivity contribution in [3.8, 4) is 0 Å². The first-order valence-electron chi connectivity index (χ1n) is 5.40. The van der Waals surface area contributed by atoms with Gasteiger partial charge in [-0.25, -0.2) is 0 Å². The molecule has 1 aromatic heterocycles. The van der Waals surface area contributed by atoms with E-state index in [-0.39, 0.29) is 25.5 Å². The molecule has 96 valence electrons. The highest BCUT2D eigenvalue weighted by atomic mass is 16.5. The molecule has 17 heavy (non-hydrogen) atoms. The van der Waals surface area contributed by atoms with Gasteiger partial charge in [0.25, 0.3) is 0 Å². The fraction of sp³-hybridized carbons (Fsp3) is 0.636. The van der Waals surface area contributed by atoms with Crippen molar-refractivity contribution in [2.24, 2.45) is 0 Å². The van der Waals surface area contributed by atoms with Crippen molar-refractivity contribution in [2.75, 3.05) is 20.3 Å². The van der Waals surface area contributed by atoms with Gasteiger partial charge in [-0.05, 0) is 13.8 Å². The third-order valence-corrected chi connectivity index (χ3v) is 2.41. The van der Waals surface area contributed by atoms with E-state index in [9.17, 15) is 9.90 Å². The van der Waals surface area contributed by atoms with Gasteiger partial charge in [-0.3, -0.25) is 4.79 Å². The Balaban J connectivity index is 2.40. The number of ether oxygens (including phenoxy) is 1. The Morgan fingerprint density at radius 3 is 2.82 bits per heavy atom. The number of nitrogens with zero attached hydrogens (tertiary/aromatic N) is 1. The van der Waals surface area contributed by atoms with E-state index in [2.05, 4.69) is 10.5 Å². The molecule has 6 heteroatoms. The van der Waals surface area contributed by atoms with Gasteiger partial charge in [0.1, 0.15) is 5.76 Å². The predicted molar refractivity (Wildman–Crippen MR) is 60.6 cm³/mol. The van der Waals surface area contributed by atoms with Crippen LogP contribution in [0.5, 0.6) is 0 Å². The lowest BCUT2D eigenvalue weighted by atomic mass is 10.1. The number of carbonyl (C=O) groups is 1. The summed E-state index contributed by atoms with van der Waals surface area (Å²) in [5, 5.41) is 15.8. The van der Waals surface area contributed by atoms with E-state index in [1.807, 2.05) is 0 Å². The number of methoxy groups -OCH3 is 1. The molecule has 0 bridgehead atoms. The number of rotatable bonds is 6. The standard InChI is InChI=1S/C11H18N2O4/c1-7-10(8(2)17-13-7)4-11(15)12-5-9(14)6-16-3/h9,14H,4-6H2,1-3H3,(H,12,15). The summed E-state index contributed by atoms with van der Waals surface area (Å²) in [5.74, 6) is 0.477. The van der Waals surface area contributed by atoms with Gasteiger partial charge in [0.2, 0.25) is 5.91 Å². The first-order chi connectivity index (χ1) is 8.04. The summed E-state index contributed by atoms with van der Waals surface area (Å²) in [7, 11) is 1.49. The van der Waals surface area contributed by atoms with Gasteiger partial charge in [-0.1, -0.05) is 5.16 Å². The minimum atomic E-state index is -0.686. The second-order valence-electron chi connectivity index (χ2n) is 3.89. The minimum Gasteiger partial charge on any atom is -0.389 e. The smallest absolute Gasteiger partial charge is 0.224 e. The molecule has 0 aliphatic heterocycles. The van der Waals surface area contributed by atoms with Gasteiger partial charge >= 0.3 is 0 Å². The van der Waals surface area contributed by atoms with E-state index >= 15 is 0 Å². The summed E-state index contributed by atoms with van der Waals surface area (Å²) < 4.78 is 9.71. The van der Waals surface area contributed by atoms with E-state index in [0.717, 1.165) is 11.3 Å². The van der Waals surface area contributed by atoms with Gasteiger partial charge in [-0.2, -0.15) is 0 Å². The number of aryl methyl sites for hydroxylation is 2. The summed E-state index contributed by atoms with van der Waals surface area (Å²) in [4.78, 5) is 11.6. The average Bonchev–Trinajstić information content (AvgIpc) is 2.58. The second kappa shape index (κ2) is 6.36. The number of aliphatic hydroxyl groups excluding tert-OH is 1. The molecule has 1 aromatic rings. The van der Waals surface area contributed by atoms with Crippen LogP contribution >= 0.6 is 0 Å². The Kier molecular flexibility index (Phi) is 5.11. The molecule has 1 atom stereocenters. The van der Waals surface area contributed by atoms with E-state index in [1.165, 1.54) is 7.11 Å². The van der Waals surface area contributed by atoms with Crippen LogP contribution in [-0.4, -0.2) is 42.5 Å². The Morgan fingerprint density at radius 1 is 1.59 bits per heavy atom. The van der Waals surface area contributed by atoms with Crippen molar-refractivity contribution in [1.82, 2.24) is 10.5 Å². The third-order valence-electron chi connectivity index (χ3n) is 2.41. The fourth-order valence-electron chi connectivity index (χ4n) is 1.46. The Labute approximate surface area is 99.9 Å². The van der Waals surface area contributed by atoms with Gasteiger partial charge in [0.15, 0.2) is 0 Å². The minimum absolute atomic E-state index is 0.172. The predicted octanol–water partition coefficient (Wildman–Crippen LogP) is -0.0426. The first-order valence-corrected chi connectivity index (χ1v) is 5.40. The zero-order valence-corrected chi connectivity index (χ0v) is 10.3. The number of hydrogen-bond acceptors (Lipinski definition) is 5. The summed E-state index contributed by atoms with van der Waals surface area (Å²) >= 11 is 0. The van der Waals surface area contributed by atoms with Crippen molar-refractivity contribution in [3.05, 3.63) is 17.0 Å². The quantitative estimate of drug-likeness (QED) is 0.731. The zero-order valence-electron chi connectivity index (χ0n) is 10.3. The highest BCUT2D eigenvalue weighted by molar-refractivity contribution is 5.79. The molecule has 0 radical (unpaired) electrons. The average molecular weight is 242 g/mol. The molecule has 0 spiro atoms. The molecule has 1 unspecified atom stereocenters. The number of aliphatic hydroxyl groups is 1. The maximum Gasteiger partial charge on any atom is 0.224 e. The SMILES string of the molecule is COCC(O)CNC(=O)Cc1c(C)noc1C. The summed E-state index contributed by atoms with van der Waals surface area (Å²) in [6.07, 6.45) is -0.477. The molecule has 0 aliphatic rings. The third kappa shape index (κ3) is 4.16. The fourth-order valence-corrected chi connectivity index (χ4v) is 1.46. The van der Waals surface area contributed by atoms with Gasteiger partial charge in [-0.15, -0.1) is 0 Å². The second-order valence-corrected chi connectivity index (χ2v) is 3.89. The Morgan fingerprint density at radius 2 is 2.29 bits per heavy atom. The van der Waals surface area contributed by atoms with E-state index in [0.29, 0.717) is 5.76 Å². The summed E-state index contributed by atoms with van der Waals surface area (Å²) in [6, 6.07) is 0. The van der Waals surface area contributed by atoms with Crippen molar-refractivity contribution in [2.45, 2.75) is 26.4 Å². The Bertz CT molecular complexity index is 356. The van der Waals surface area contributed by atoms with Crippen LogP contribution in [-0.2, 0) is 16.0 Å². The molecule has 0 saturated heterocycles. The van der Waals surface area contributed by atoms with Crippen LogP contribution < -0.4 is 5.32 Å². The zero-order chi connectivity index (χ0) is 12.8. The molecular formula is C11H18N2O4. The molecule has 0 aliphatic carbocycles. The van der Waals surface area contributed by atoms with Crippen molar-refractivity contribution in [1.29, 1.82) is 0 Å². The molecule has 6 nitrogen and oxygen atoms in total. The van der Waals surface area contributed by atoms with Crippen LogP contribution in [0.15, 0.2) is 4.52 Å². The van der Waals surface area contributed by atoms with Crippen LogP contribution in [0.3, 0.4) is 0 Å². The highest BCUT2D eigenvalue weighted by Crippen LogP contribution is 2.12. The lowest BCUT2D eigenvalue weighted by Crippen LogP contribution is -2.35. The molecule has 1 rings (SSSR count). The van der Waals surface area contributed by atoms with Crippen LogP contribution in [0.4, 0.5) is 0 Å². The van der Waals surface area contributed by atoms with Crippen LogP contribution in [0, 0.1) is 13.8 Å². The molecule has 0 saturated carbocycles. The molecule has 1 heterocycles.